The summed E-state index contributed by atoms with van der Waals surface area (Å²) < 4.78 is 33.2. The quantitative estimate of drug-likeness (QED) is 0.778. The first-order valence-corrected chi connectivity index (χ1v) is 9.19. The van der Waals surface area contributed by atoms with Crippen molar-refractivity contribution >= 4 is 0 Å². The van der Waals surface area contributed by atoms with Crippen LogP contribution in [0.2, 0.25) is 0 Å². The van der Waals surface area contributed by atoms with Gasteiger partial charge >= 0.3 is 0 Å². The first kappa shape index (κ1) is 17.4. The molecule has 2 N–H and O–H groups in total. The molecule has 1 aromatic carbocycles. The maximum absolute atomic E-state index is 13.7. The van der Waals surface area contributed by atoms with Crippen LogP contribution in [-0.4, -0.2) is 30.2 Å². The number of halogens is 2. The molecule has 4 rings (SSSR count). The molecular weight excluding hydrogens is 336 g/mol. The number of rotatable bonds is 6. The number of piperidine rings is 1. The highest BCUT2D eigenvalue weighted by Gasteiger charge is 2.41. The van der Waals surface area contributed by atoms with Crippen LogP contribution in [0.4, 0.5) is 8.78 Å². The van der Waals surface area contributed by atoms with E-state index in [1.54, 1.807) is 18.2 Å². The fraction of sp³-hybridized carbons (Fsp3) is 0.450. The molecule has 2 heterocycles. The van der Waals surface area contributed by atoms with Gasteiger partial charge in [0.15, 0.2) is 0 Å². The summed E-state index contributed by atoms with van der Waals surface area (Å²) in [5.41, 5.74) is 1.35. The Bertz CT molecular complexity index is 764. The summed E-state index contributed by atoms with van der Waals surface area (Å²) in [4.78, 5) is 3.62. The first-order chi connectivity index (χ1) is 12.7. The van der Waals surface area contributed by atoms with Crippen LogP contribution in [0.3, 0.4) is 0 Å². The second-order valence-corrected chi connectivity index (χ2v) is 7.06. The van der Waals surface area contributed by atoms with Gasteiger partial charge in [-0.2, -0.15) is 4.39 Å². The number of nitrogens with one attached hydrogen (secondary N) is 2. The second-order valence-electron chi connectivity index (χ2n) is 7.06. The SMILES string of the molecule is Fc1ccc([C@@H]2C[C@H]2NC2CCNCC2)c(OCc2cccnc2F)c1. The lowest BCUT2D eigenvalue weighted by atomic mass is 10.1. The molecule has 0 radical (unpaired) electrons. The second kappa shape index (κ2) is 7.68. The normalized spacial score (nSPS) is 23.0. The van der Waals surface area contributed by atoms with Crippen LogP contribution in [0, 0.1) is 11.8 Å². The average molecular weight is 359 g/mol. The molecule has 26 heavy (non-hydrogen) atoms. The minimum atomic E-state index is -0.553. The van der Waals surface area contributed by atoms with Crippen molar-refractivity contribution in [3.8, 4) is 5.75 Å². The number of benzene rings is 1. The van der Waals surface area contributed by atoms with Crippen molar-refractivity contribution in [2.24, 2.45) is 0 Å². The topological polar surface area (TPSA) is 46.2 Å². The average Bonchev–Trinajstić information content (AvgIpc) is 3.41. The zero-order valence-corrected chi connectivity index (χ0v) is 14.6. The summed E-state index contributed by atoms with van der Waals surface area (Å²) in [6.07, 6.45) is 4.69. The van der Waals surface area contributed by atoms with Gasteiger partial charge in [-0.1, -0.05) is 6.07 Å². The van der Waals surface area contributed by atoms with E-state index < -0.39 is 5.95 Å². The van der Waals surface area contributed by atoms with E-state index in [1.165, 1.54) is 18.3 Å². The van der Waals surface area contributed by atoms with Crippen molar-refractivity contribution in [1.82, 2.24) is 15.6 Å². The lowest BCUT2D eigenvalue weighted by Crippen LogP contribution is -2.41. The van der Waals surface area contributed by atoms with Crippen LogP contribution in [0.25, 0.3) is 0 Å². The van der Waals surface area contributed by atoms with Gasteiger partial charge in [0.2, 0.25) is 5.95 Å². The van der Waals surface area contributed by atoms with Crippen LogP contribution in [0.1, 0.15) is 36.3 Å². The fourth-order valence-electron chi connectivity index (χ4n) is 3.64. The number of aromatic nitrogens is 1. The minimum Gasteiger partial charge on any atom is -0.488 e. The first-order valence-electron chi connectivity index (χ1n) is 9.19. The summed E-state index contributed by atoms with van der Waals surface area (Å²) in [5.74, 6) is -0.0895. The molecule has 2 atom stereocenters. The molecule has 1 saturated carbocycles. The number of ether oxygens (including phenoxy) is 1. The molecule has 6 heteroatoms. The van der Waals surface area contributed by atoms with E-state index in [0.717, 1.165) is 37.9 Å². The Balaban J connectivity index is 1.43. The van der Waals surface area contributed by atoms with Crippen LogP contribution in [0.15, 0.2) is 36.5 Å². The zero-order valence-electron chi connectivity index (χ0n) is 14.6. The lowest BCUT2D eigenvalue weighted by molar-refractivity contribution is 0.293. The standard InChI is InChI=1S/C20H23F2N3O/c21-14-3-4-16(17-11-18(17)25-15-5-8-23-9-6-15)19(10-14)26-12-13-2-1-7-24-20(13)22/h1-4,7,10,15,17-18,23,25H,5-6,8-9,11-12H2/t17-,18+/m0/s1. The summed E-state index contributed by atoms with van der Waals surface area (Å²) in [6, 6.07) is 8.88. The lowest BCUT2D eigenvalue weighted by Gasteiger charge is -2.24. The highest BCUT2D eigenvalue weighted by Crippen LogP contribution is 2.45. The van der Waals surface area contributed by atoms with Gasteiger partial charge in [-0.3, -0.25) is 0 Å². The van der Waals surface area contributed by atoms with Crippen molar-refractivity contribution in [2.45, 2.75) is 43.9 Å². The van der Waals surface area contributed by atoms with E-state index in [-0.39, 0.29) is 12.4 Å². The van der Waals surface area contributed by atoms with E-state index >= 15 is 0 Å². The highest BCUT2D eigenvalue weighted by molar-refractivity contribution is 5.41. The van der Waals surface area contributed by atoms with Crippen molar-refractivity contribution in [2.75, 3.05) is 13.1 Å². The van der Waals surface area contributed by atoms with Gasteiger partial charge in [-0.25, -0.2) is 9.37 Å². The van der Waals surface area contributed by atoms with Gasteiger partial charge in [-0.05, 0) is 56.1 Å². The number of hydrogen-bond acceptors (Lipinski definition) is 4. The van der Waals surface area contributed by atoms with Crippen LogP contribution in [-0.2, 0) is 6.61 Å². The van der Waals surface area contributed by atoms with Gasteiger partial charge < -0.3 is 15.4 Å². The van der Waals surface area contributed by atoms with Gasteiger partial charge in [-0.15, -0.1) is 0 Å². The molecule has 2 fully saturated rings. The van der Waals surface area contributed by atoms with E-state index in [0.29, 0.717) is 29.3 Å². The third-order valence-corrected chi connectivity index (χ3v) is 5.17. The molecule has 0 amide bonds. The molecule has 138 valence electrons. The molecule has 1 saturated heterocycles. The Morgan fingerprint density at radius 1 is 1.19 bits per heavy atom. The van der Waals surface area contributed by atoms with Gasteiger partial charge in [0.25, 0.3) is 0 Å². The molecule has 4 nitrogen and oxygen atoms in total. The summed E-state index contributed by atoms with van der Waals surface area (Å²) in [5, 5.41) is 7.07. The Hall–Kier alpha value is -2.05. The molecule has 1 aromatic heterocycles. The number of hydrogen-bond donors (Lipinski definition) is 2. The highest BCUT2D eigenvalue weighted by atomic mass is 19.1. The Kier molecular flexibility index (Phi) is 5.13. The van der Waals surface area contributed by atoms with Gasteiger partial charge in [0, 0.05) is 35.8 Å². The third-order valence-electron chi connectivity index (χ3n) is 5.17. The molecular formula is C20H23F2N3O. The molecule has 0 bridgehead atoms. The predicted octanol–water partition coefficient (Wildman–Crippen LogP) is 3.14. The Morgan fingerprint density at radius 3 is 2.85 bits per heavy atom. The largest absolute Gasteiger partial charge is 0.488 e. The van der Waals surface area contributed by atoms with E-state index in [1.807, 2.05) is 0 Å². The molecule has 0 unspecified atom stereocenters. The van der Waals surface area contributed by atoms with Gasteiger partial charge in [0.05, 0.1) is 0 Å². The summed E-state index contributed by atoms with van der Waals surface area (Å²) >= 11 is 0. The maximum Gasteiger partial charge on any atom is 0.219 e. The van der Waals surface area contributed by atoms with Crippen molar-refractivity contribution < 1.29 is 13.5 Å². The third kappa shape index (κ3) is 4.02. The molecule has 2 aromatic rings. The fourth-order valence-corrected chi connectivity index (χ4v) is 3.64. The molecule has 0 spiro atoms. The molecule has 1 aliphatic carbocycles. The van der Waals surface area contributed by atoms with Crippen LogP contribution >= 0.6 is 0 Å². The zero-order chi connectivity index (χ0) is 17.9. The van der Waals surface area contributed by atoms with Crippen molar-refractivity contribution in [1.29, 1.82) is 0 Å². The summed E-state index contributed by atoms with van der Waals surface area (Å²) in [7, 11) is 0. The monoisotopic (exact) mass is 359 g/mol. The van der Waals surface area contributed by atoms with E-state index in [4.69, 9.17) is 4.74 Å². The van der Waals surface area contributed by atoms with Crippen LogP contribution < -0.4 is 15.4 Å². The number of nitrogens with zero attached hydrogens (tertiary/aromatic N) is 1. The van der Waals surface area contributed by atoms with Crippen molar-refractivity contribution in [3.63, 3.8) is 0 Å². The van der Waals surface area contributed by atoms with E-state index in [9.17, 15) is 8.78 Å². The molecule has 2 aliphatic rings. The number of pyridine rings is 1. The summed E-state index contributed by atoms with van der Waals surface area (Å²) in [6.45, 7) is 2.14. The maximum atomic E-state index is 13.7. The molecule has 1 aliphatic heterocycles. The van der Waals surface area contributed by atoms with Crippen LogP contribution in [0.5, 0.6) is 5.75 Å². The minimum absolute atomic E-state index is 0.0369. The van der Waals surface area contributed by atoms with Crippen molar-refractivity contribution in [3.05, 3.63) is 59.4 Å². The predicted molar refractivity (Wildman–Crippen MR) is 95.1 cm³/mol. The van der Waals surface area contributed by atoms with E-state index in [2.05, 4.69) is 15.6 Å². The van der Waals surface area contributed by atoms with Gasteiger partial charge in [0.1, 0.15) is 18.2 Å². The smallest absolute Gasteiger partial charge is 0.219 e. The Morgan fingerprint density at radius 2 is 2.04 bits per heavy atom. The Labute approximate surface area is 152 Å².